The summed E-state index contributed by atoms with van der Waals surface area (Å²) < 4.78 is 1.91. The first-order valence-corrected chi connectivity index (χ1v) is 6.79. The van der Waals surface area contributed by atoms with Crippen molar-refractivity contribution in [1.82, 2.24) is 20.0 Å². The summed E-state index contributed by atoms with van der Waals surface area (Å²) in [5.41, 5.74) is 2.17. The maximum Gasteiger partial charge on any atom is 0.0766 e. The number of aromatic nitrogens is 2. The Morgan fingerprint density at radius 2 is 2.00 bits per heavy atom. The van der Waals surface area contributed by atoms with Gasteiger partial charge in [-0.25, -0.2) is 4.68 Å². The summed E-state index contributed by atoms with van der Waals surface area (Å²) in [5.74, 6) is 0. The van der Waals surface area contributed by atoms with Crippen LogP contribution in [0.1, 0.15) is 12.6 Å². The second-order valence-electron chi connectivity index (χ2n) is 4.66. The molecule has 0 amide bonds. The van der Waals surface area contributed by atoms with Crippen LogP contribution in [0.25, 0.3) is 5.69 Å². The molecule has 2 aromatic rings. The molecule has 19 heavy (non-hydrogen) atoms. The van der Waals surface area contributed by atoms with Crippen molar-refractivity contribution >= 4 is 0 Å². The van der Waals surface area contributed by atoms with Gasteiger partial charge in [-0.3, -0.25) is 0 Å². The fourth-order valence-electron chi connectivity index (χ4n) is 1.82. The molecule has 1 N–H and O–H groups in total. The molecule has 0 aliphatic heterocycles. The van der Waals surface area contributed by atoms with Gasteiger partial charge in [0, 0.05) is 25.8 Å². The van der Waals surface area contributed by atoms with Gasteiger partial charge in [-0.2, -0.15) is 5.10 Å². The lowest BCUT2D eigenvalue weighted by Crippen LogP contribution is -2.28. The first-order chi connectivity index (χ1) is 9.29. The van der Waals surface area contributed by atoms with Crippen LogP contribution in [0.5, 0.6) is 0 Å². The van der Waals surface area contributed by atoms with E-state index >= 15 is 0 Å². The average Bonchev–Trinajstić information content (AvgIpc) is 2.93. The second-order valence-corrected chi connectivity index (χ2v) is 4.66. The molecule has 0 saturated heterocycles. The molecule has 102 valence electrons. The van der Waals surface area contributed by atoms with E-state index in [0.29, 0.717) is 0 Å². The zero-order valence-corrected chi connectivity index (χ0v) is 11.7. The van der Waals surface area contributed by atoms with Crippen molar-refractivity contribution in [2.24, 2.45) is 0 Å². The Morgan fingerprint density at radius 3 is 2.74 bits per heavy atom. The summed E-state index contributed by atoms with van der Waals surface area (Å²) in [7, 11) is 2.13. The summed E-state index contributed by atoms with van der Waals surface area (Å²) in [5, 5.41) is 7.97. The Morgan fingerprint density at radius 1 is 1.21 bits per heavy atom. The van der Waals surface area contributed by atoms with E-state index in [1.54, 1.807) is 0 Å². The minimum absolute atomic E-state index is 0.817. The molecule has 0 bridgehead atoms. The van der Waals surface area contributed by atoms with Crippen LogP contribution in [0.3, 0.4) is 0 Å². The third kappa shape index (κ3) is 4.19. The van der Waals surface area contributed by atoms with E-state index in [4.69, 9.17) is 0 Å². The van der Waals surface area contributed by atoms with Crippen molar-refractivity contribution in [2.45, 2.75) is 13.5 Å². The molecule has 0 fully saturated rings. The molecule has 2 rings (SSSR count). The third-order valence-electron chi connectivity index (χ3n) is 3.18. The fourth-order valence-corrected chi connectivity index (χ4v) is 1.82. The van der Waals surface area contributed by atoms with Gasteiger partial charge in [-0.05, 0) is 31.8 Å². The highest BCUT2D eigenvalue weighted by molar-refractivity contribution is 5.30. The van der Waals surface area contributed by atoms with Crippen molar-refractivity contribution in [1.29, 1.82) is 0 Å². The number of benzene rings is 1. The molecule has 0 aliphatic rings. The van der Waals surface area contributed by atoms with Gasteiger partial charge in [-0.1, -0.05) is 25.1 Å². The van der Waals surface area contributed by atoms with Crippen LogP contribution in [0.15, 0.2) is 42.6 Å². The predicted molar refractivity (Wildman–Crippen MR) is 78.4 cm³/mol. The highest BCUT2D eigenvalue weighted by Crippen LogP contribution is 2.06. The molecule has 0 saturated carbocycles. The van der Waals surface area contributed by atoms with Gasteiger partial charge in [0.05, 0.1) is 11.4 Å². The summed E-state index contributed by atoms with van der Waals surface area (Å²) >= 11 is 0. The number of likely N-dealkylation sites (N-methyl/N-ethyl adjacent to an activating group) is 1. The van der Waals surface area contributed by atoms with Gasteiger partial charge >= 0.3 is 0 Å². The first-order valence-electron chi connectivity index (χ1n) is 6.79. The van der Waals surface area contributed by atoms with E-state index in [1.165, 1.54) is 0 Å². The lowest BCUT2D eigenvalue weighted by atomic mass is 10.3. The minimum Gasteiger partial charge on any atom is -0.310 e. The van der Waals surface area contributed by atoms with Crippen LogP contribution in [-0.4, -0.2) is 41.4 Å². The normalized spacial score (nSPS) is 11.1. The molecule has 1 aromatic heterocycles. The second kappa shape index (κ2) is 7.07. The Bertz CT molecular complexity index is 478. The standard InChI is InChI=1S/C15H22N4/c1-3-18(2)12-10-16-13-14-9-11-19(17-14)15-7-5-4-6-8-15/h4-9,11,16H,3,10,12-13H2,1-2H3. The Balaban J connectivity index is 1.82. The number of hydrogen-bond donors (Lipinski definition) is 1. The highest BCUT2D eigenvalue weighted by atomic mass is 15.3. The van der Waals surface area contributed by atoms with Gasteiger partial charge in [0.15, 0.2) is 0 Å². The van der Waals surface area contributed by atoms with Crippen molar-refractivity contribution in [3.8, 4) is 5.69 Å². The van der Waals surface area contributed by atoms with E-state index < -0.39 is 0 Å². The fraction of sp³-hybridized carbons (Fsp3) is 0.400. The van der Waals surface area contributed by atoms with E-state index in [9.17, 15) is 0 Å². The summed E-state index contributed by atoms with van der Waals surface area (Å²) in [6.45, 7) is 6.13. The number of para-hydroxylation sites is 1. The van der Waals surface area contributed by atoms with E-state index in [1.807, 2.05) is 29.1 Å². The summed E-state index contributed by atoms with van der Waals surface area (Å²) in [4.78, 5) is 2.29. The third-order valence-corrected chi connectivity index (χ3v) is 3.18. The molecular weight excluding hydrogens is 236 g/mol. The Hall–Kier alpha value is -1.65. The molecule has 4 nitrogen and oxygen atoms in total. The van der Waals surface area contributed by atoms with Crippen LogP contribution < -0.4 is 5.32 Å². The number of nitrogens with zero attached hydrogens (tertiary/aromatic N) is 3. The molecule has 1 aromatic carbocycles. The zero-order chi connectivity index (χ0) is 13.5. The topological polar surface area (TPSA) is 33.1 Å². The summed E-state index contributed by atoms with van der Waals surface area (Å²) in [6, 6.07) is 12.2. The number of hydrogen-bond acceptors (Lipinski definition) is 3. The largest absolute Gasteiger partial charge is 0.310 e. The lowest BCUT2D eigenvalue weighted by Gasteiger charge is -2.13. The van der Waals surface area contributed by atoms with Crippen molar-refractivity contribution < 1.29 is 0 Å². The van der Waals surface area contributed by atoms with Crippen LogP contribution in [0, 0.1) is 0 Å². The summed E-state index contributed by atoms with van der Waals surface area (Å²) in [6.07, 6.45) is 2.00. The maximum absolute atomic E-state index is 4.56. The minimum atomic E-state index is 0.817. The lowest BCUT2D eigenvalue weighted by molar-refractivity contribution is 0.348. The van der Waals surface area contributed by atoms with Gasteiger partial charge in [0.2, 0.25) is 0 Å². The molecule has 0 spiro atoms. The van der Waals surface area contributed by atoms with Crippen molar-refractivity contribution in [2.75, 3.05) is 26.7 Å². The highest BCUT2D eigenvalue weighted by Gasteiger charge is 2.00. The van der Waals surface area contributed by atoms with Crippen LogP contribution in [-0.2, 0) is 6.54 Å². The smallest absolute Gasteiger partial charge is 0.0766 e. The SMILES string of the molecule is CCN(C)CCNCc1ccn(-c2ccccc2)n1. The van der Waals surface area contributed by atoms with Gasteiger partial charge < -0.3 is 10.2 Å². The molecule has 4 heteroatoms. The van der Waals surface area contributed by atoms with Crippen molar-refractivity contribution in [3.63, 3.8) is 0 Å². The van der Waals surface area contributed by atoms with Gasteiger partial charge in [0.1, 0.15) is 0 Å². The average molecular weight is 258 g/mol. The quantitative estimate of drug-likeness (QED) is 0.770. The number of nitrogens with one attached hydrogen (secondary N) is 1. The monoisotopic (exact) mass is 258 g/mol. The van der Waals surface area contributed by atoms with E-state index in [0.717, 1.165) is 37.6 Å². The van der Waals surface area contributed by atoms with Crippen LogP contribution in [0.2, 0.25) is 0 Å². The molecule has 0 atom stereocenters. The van der Waals surface area contributed by atoms with Gasteiger partial charge in [-0.15, -0.1) is 0 Å². The molecule has 0 unspecified atom stereocenters. The zero-order valence-electron chi connectivity index (χ0n) is 11.7. The van der Waals surface area contributed by atoms with E-state index in [2.05, 4.69) is 47.5 Å². The Labute approximate surface area is 115 Å². The molecular formula is C15H22N4. The maximum atomic E-state index is 4.56. The Kier molecular flexibility index (Phi) is 5.12. The van der Waals surface area contributed by atoms with Crippen LogP contribution in [0.4, 0.5) is 0 Å². The molecule has 0 aliphatic carbocycles. The molecule has 0 radical (unpaired) electrons. The van der Waals surface area contributed by atoms with Crippen molar-refractivity contribution in [3.05, 3.63) is 48.3 Å². The first kappa shape index (κ1) is 13.8. The molecule has 1 heterocycles. The van der Waals surface area contributed by atoms with Gasteiger partial charge in [0.25, 0.3) is 0 Å². The number of rotatable bonds is 7. The van der Waals surface area contributed by atoms with Crippen LogP contribution >= 0.6 is 0 Å². The predicted octanol–water partition coefficient (Wildman–Crippen LogP) is 1.91. The van der Waals surface area contributed by atoms with E-state index in [-0.39, 0.29) is 0 Å².